The molecule has 0 spiro atoms. The highest BCUT2D eigenvalue weighted by Gasteiger charge is 2.23. The molecule has 0 aliphatic heterocycles. The van der Waals surface area contributed by atoms with Crippen LogP contribution in [-0.4, -0.2) is 24.1 Å². The Hall–Kier alpha value is -1.42. The van der Waals surface area contributed by atoms with Gasteiger partial charge in [0.1, 0.15) is 6.04 Å². The van der Waals surface area contributed by atoms with E-state index in [0.717, 1.165) is 5.69 Å². The number of carbonyl (C=O) groups excluding carboxylic acids is 1. The number of nitrogens with zero attached hydrogens (tertiary/aromatic N) is 1. The summed E-state index contributed by atoms with van der Waals surface area (Å²) in [6.07, 6.45) is 1.68. The van der Waals surface area contributed by atoms with Crippen LogP contribution in [-0.2, 0) is 9.53 Å². The number of rotatable bonds is 3. The zero-order valence-corrected chi connectivity index (χ0v) is 8.31. The minimum atomic E-state index is -0.658. The van der Waals surface area contributed by atoms with E-state index >= 15 is 0 Å². The summed E-state index contributed by atoms with van der Waals surface area (Å²) < 4.78 is 4.56. The van der Waals surface area contributed by atoms with E-state index in [4.69, 9.17) is 5.73 Å². The van der Waals surface area contributed by atoms with Gasteiger partial charge in [0.25, 0.3) is 0 Å². The summed E-state index contributed by atoms with van der Waals surface area (Å²) in [6, 6.07) is 4.87. The van der Waals surface area contributed by atoms with Gasteiger partial charge in [0.15, 0.2) is 0 Å². The Morgan fingerprint density at radius 2 is 2.29 bits per heavy atom. The van der Waals surface area contributed by atoms with Crippen LogP contribution in [0, 0.1) is 0 Å². The summed E-state index contributed by atoms with van der Waals surface area (Å²) in [5, 5.41) is 0. The van der Waals surface area contributed by atoms with Gasteiger partial charge in [-0.2, -0.15) is 0 Å². The molecule has 1 rings (SSSR count). The van der Waals surface area contributed by atoms with Gasteiger partial charge in [-0.05, 0) is 12.1 Å². The average molecular weight is 194 g/mol. The maximum Gasteiger partial charge on any atom is 0.323 e. The monoisotopic (exact) mass is 194 g/mol. The van der Waals surface area contributed by atoms with E-state index in [1.165, 1.54) is 7.11 Å². The number of ether oxygens (including phenoxy) is 1. The maximum atomic E-state index is 11.2. The van der Waals surface area contributed by atoms with Gasteiger partial charge in [0.05, 0.1) is 7.11 Å². The minimum Gasteiger partial charge on any atom is -0.468 e. The van der Waals surface area contributed by atoms with Crippen molar-refractivity contribution < 1.29 is 9.53 Å². The molecule has 0 fully saturated rings. The number of pyridine rings is 1. The van der Waals surface area contributed by atoms with Gasteiger partial charge in [0.2, 0.25) is 0 Å². The number of aromatic nitrogens is 1. The Morgan fingerprint density at radius 1 is 1.57 bits per heavy atom. The fourth-order valence-electron chi connectivity index (χ4n) is 1.17. The first kappa shape index (κ1) is 10.7. The van der Waals surface area contributed by atoms with Crippen LogP contribution in [0.1, 0.15) is 18.5 Å². The number of carbonyl (C=O) groups is 1. The molecule has 1 aromatic rings. The lowest BCUT2D eigenvalue weighted by Gasteiger charge is -2.16. The molecule has 2 N–H and O–H groups in total. The summed E-state index contributed by atoms with van der Waals surface area (Å²) in [5.41, 5.74) is 6.49. The largest absolute Gasteiger partial charge is 0.468 e. The topological polar surface area (TPSA) is 65.2 Å². The molecule has 0 saturated carbocycles. The number of esters is 1. The van der Waals surface area contributed by atoms with Crippen LogP contribution < -0.4 is 5.73 Å². The Labute approximate surface area is 83.1 Å². The summed E-state index contributed by atoms with van der Waals surface area (Å²) in [5.74, 6) is -0.549. The van der Waals surface area contributed by atoms with Gasteiger partial charge in [-0.1, -0.05) is 13.0 Å². The lowest BCUT2D eigenvalue weighted by molar-refractivity contribution is -0.142. The van der Waals surface area contributed by atoms with Gasteiger partial charge < -0.3 is 10.5 Å². The van der Waals surface area contributed by atoms with Gasteiger partial charge >= 0.3 is 5.97 Å². The molecule has 0 radical (unpaired) electrons. The fourth-order valence-corrected chi connectivity index (χ4v) is 1.17. The second-order valence-electron chi connectivity index (χ2n) is 3.09. The Kier molecular flexibility index (Phi) is 3.59. The van der Waals surface area contributed by atoms with Crippen LogP contribution in [0.3, 0.4) is 0 Å². The second kappa shape index (κ2) is 4.72. The highest BCUT2D eigenvalue weighted by atomic mass is 16.5. The molecule has 1 heterocycles. The van der Waals surface area contributed by atoms with E-state index in [2.05, 4.69) is 9.72 Å². The van der Waals surface area contributed by atoms with Crippen LogP contribution in [0.2, 0.25) is 0 Å². The quantitative estimate of drug-likeness (QED) is 0.719. The van der Waals surface area contributed by atoms with Crippen LogP contribution in [0.15, 0.2) is 24.4 Å². The Bertz CT molecular complexity index is 300. The van der Waals surface area contributed by atoms with Crippen LogP contribution in [0.4, 0.5) is 0 Å². The van der Waals surface area contributed by atoms with Crippen molar-refractivity contribution >= 4 is 5.97 Å². The van der Waals surface area contributed by atoms with Gasteiger partial charge in [0, 0.05) is 17.8 Å². The molecular weight excluding hydrogens is 180 g/mol. The van der Waals surface area contributed by atoms with Crippen LogP contribution in [0.5, 0.6) is 0 Å². The number of nitrogens with two attached hydrogens (primary N) is 1. The van der Waals surface area contributed by atoms with Crippen molar-refractivity contribution in [1.29, 1.82) is 0 Å². The molecule has 0 aromatic carbocycles. The van der Waals surface area contributed by atoms with Crippen LogP contribution in [0.25, 0.3) is 0 Å². The van der Waals surface area contributed by atoms with Crippen LogP contribution >= 0.6 is 0 Å². The molecule has 0 aliphatic carbocycles. The first-order valence-electron chi connectivity index (χ1n) is 4.41. The molecular formula is C10H14N2O2. The molecule has 2 unspecified atom stereocenters. The van der Waals surface area contributed by atoms with Gasteiger partial charge in [-0.3, -0.25) is 9.78 Å². The molecule has 2 atom stereocenters. The van der Waals surface area contributed by atoms with Gasteiger partial charge in [-0.25, -0.2) is 0 Å². The molecule has 4 nitrogen and oxygen atoms in total. The average Bonchev–Trinajstić information content (AvgIpc) is 2.27. The molecule has 76 valence electrons. The molecule has 0 aliphatic rings. The first-order chi connectivity index (χ1) is 6.66. The fraction of sp³-hybridized carbons (Fsp3) is 0.400. The lowest BCUT2D eigenvalue weighted by atomic mass is 9.99. The highest BCUT2D eigenvalue weighted by molar-refractivity contribution is 5.76. The normalized spacial score (nSPS) is 14.5. The molecule has 0 amide bonds. The van der Waals surface area contributed by atoms with E-state index in [1.54, 1.807) is 6.20 Å². The SMILES string of the molecule is COC(=O)C(N)C(C)c1ccccn1. The molecule has 14 heavy (non-hydrogen) atoms. The lowest BCUT2D eigenvalue weighted by Crippen LogP contribution is -2.36. The van der Waals surface area contributed by atoms with E-state index < -0.39 is 12.0 Å². The Balaban J connectivity index is 2.75. The third kappa shape index (κ3) is 2.29. The van der Waals surface area contributed by atoms with Crippen molar-refractivity contribution in [2.75, 3.05) is 7.11 Å². The Morgan fingerprint density at radius 3 is 2.79 bits per heavy atom. The highest BCUT2D eigenvalue weighted by Crippen LogP contribution is 2.15. The van der Waals surface area contributed by atoms with Crippen molar-refractivity contribution in [3.63, 3.8) is 0 Å². The predicted octanol–water partition coefficient (Wildman–Crippen LogP) is 0.685. The molecule has 0 bridgehead atoms. The summed E-state index contributed by atoms with van der Waals surface area (Å²) in [7, 11) is 1.33. The number of hydrogen-bond acceptors (Lipinski definition) is 4. The van der Waals surface area contributed by atoms with Crippen molar-refractivity contribution in [2.45, 2.75) is 18.9 Å². The summed E-state index contributed by atoms with van der Waals surface area (Å²) in [6.45, 7) is 1.85. The van der Waals surface area contributed by atoms with E-state index in [-0.39, 0.29) is 5.92 Å². The van der Waals surface area contributed by atoms with E-state index in [0.29, 0.717) is 0 Å². The zero-order chi connectivity index (χ0) is 10.6. The predicted molar refractivity (Wildman–Crippen MR) is 52.6 cm³/mol. The zero-order valence-electron chi connectivity index (χ0n) is 8.31. The molecule has 1 aromatic heterocycles. The third-order valence-corrected chi connectivity index (χ3v) is 2.17. The van der Waals surface area contributed by atoms with Gasteiger partial charge in [-0.15, -0.1) is 0 Å². The van der Waals surface area contributed by atoms with Crippen molar-refractivity contribution in [1.82, 2.24) is 4.98 Å². The standard InChI is InChI=1S/C10H14N2O2/c1-7(9(11)10(13)14-2)8-5-3-4-6-12-8/h3-7,9H,11H2,1-2H3. The summed E-state index contributed by atoms with van der Waals surface area (Å²) >= 11 is 0. The van der Waals surface area contributed by atoms with Crippen molar-refractivity contribution in [3.05, 3.63) is 30.1 Å². The maximum absolute atomic E-state index is 11.2. The van der Waals surface area contributed by atoms with E-state index in [9.17, 15) is 4.79 Å². The minimum absolute atomic E-state index is 0.136. The molecule has 4 heteroatoms. The number of hydrogen-bond donors (Lipinski definition) is 1. The summed E-state index contributed by atoms with van der Waals surface area (Å²) in [4.78, 5) is 15.3. The third-order valence-electron chi connectivity index (χ3n) is 2.17. The number of methoxy groups -OCH3 is 1. The molecule has 0 saturated heterocycles. The smallest absolute Gasteiger partial charge is 0.323 e. The van der Waals surface area contributed by atoms with Crippen molar-refractivity contribution in [3.8, 4) is 0 Å². The van der Waals surface area contributed by atoms with Crippen molar-refractivity contribution in [2.24, 2.45) is 5.73 Å². The van der Waals surface area contributed by atoms with E-state index in [1.807, 2.05) is 25.1 Å². The first-order valence-corrected chi connectivity index (χ1v) is 4.41. The second-order valence-corrected chi connectivity index (χ2v) is 3.09.